The van der Waals surface area contributed by atoms with Gasteiger partial charge in [0.25, 0.3) is 0 Å². The van der Waals surface area contributed by atoms with E-state index in [0.717, 1.165) is 5.56 Å². The lowest BCUT2D eigenvalue weighted by atomic mass is 9.91. The molecule has 1 aromatic heterocycles. The van der Waals surface area contributed by atoms with Crippen molar-refractivity contribution in [3.63, 3.8) is 0 Å². The van der Waals surface area contributed by atoms with Gasteiger partial charge in [0.1, 0.15) is 0 Å². The van der Waals surface area contributed by atoms with Crippen molar-refractivity contribution in [2.45, 2.75) is 20.4 Å². The van der Waals surface area contributed by atoms with Gasteiger partial charge >= 0.3 is 0 Å². The van der Waals surface area contributed by atoms with E-state index >= 15 is 0 Å². The maximum atomic E-state index is 12.1. The van der Waals surface area contributed by atoms with E-state index in [4.69, 9.17) is 18.0 Å². The zero-order valence-electron chi connectivity index (χ0n) is 9.69. The second-order valence-corrected chi connectivity index (χ2v) is 5.50. The molecule has 0 atom stereocenters. The fourth-order valence-electron chi connectivity index (χ4n) is 1.31. The predicted octanol–water partition coefficient (Wildman–Crippen LogP) is 2.02. The third-order valence-electron chi connectivity index (χ3n) is 2.50. The average molecular weight is 256 g/mol. The van der Waals surface area contributed by atoms with E-state index < -0.39 is 5.41 Å². The molecule has 0 bridgehead atoms. The SMILES string of the molecule is CN(Cc1ccsc1)C(=O)C(C)(C)C(N)=S. The van der Waals surface area contributed by atoms with Crippen molar-refractivity contribution in [2.75, 3.05) is 7.05 Å². The summed E-state index contributed by atoms with van der Waals surface area (Å²) in [7, 11) is 1.76. The molecule has 3 nitrogen and oxygen atoms in total. The molecule has 0 unspecified atom stereocenters. The highest BCUT2D eigenvalue weighted by Crippen LogP contribution is 2.20. The maximum Gasteiger partial charge on any atom is 0.235 e. The summed E-state index contributed by atoms with van der Waals surface area (Å²) >= 11 is 6.53. The number of hydrogen-bond acceptors (Lipinski definition) is 3. The molecule has 0 fully saturated rings. The quantitative estimate of drug-likeness (QED) is 0.838. The highest BCUT2D eigenvalue weighted by molar-refractivity contribution is 7.80. The van der Waals surface area contributed by atoms with Crippen molar-refractivity contribution in [1.82, 2.24) is 4.90 Å². The number of hydrogen-bond donors (Lipinski definition) is 1. The van der Waals surface area contributed by atoms with E-state index in [1.165, 1.54) is 0 Å². The van der Waals surface area contributed by atoms with Crippen LogP contribution in [0.4, 0.5) is 0 Å². The number of amides is 1. The number of rotatable bonds is 4. The van der Waals surface area contributed by atoms with Gasteiger partial charge in [-0.15, -0.1) is 0 Å². The van der Waals surface area contributed by atoms with Crippen LogP contribution in [0.15, 0.2) is 16.8 Å². The lowest BCUT2D eigenvalue weighted by Crippen LogP contribution is -2.45. The summed E-state index contributed by atoms with van der Waals surface area (Å²) < 4.78 is 0. The number of thiocarbonyl (C=S) groups is 1. The zero-order valence-corrected chi connectivity index (χ0v) is 11.3. The minimum Gasteiger partial charge on any atom is -0.392 e. The summed E-state index contributed by atoms with van der Waals surface area (Å²) in [4.78, 5) is 14.0. The number of carbonyl (C=O) groups is 1. The van der Waals surface area contributed by atoms with Gasteiger partial charge in [0.05, 0.1) is 10.4 Å². The van der Waals surface area contributed by atoms with Crippen LogP contribution in [0.5, 0.6) is 0 Å². The Hall–Kier alpha value is -0.940. The lowest BCUT2D eigenvalue weighted by Gasteiger charge is -2.28. The van der Waals surface area contributed by atoms with E-state index in [1.54, 1.807) is 37.1 Å². The van der Waals surface area contributed by atoms with Crippen molar-refractivity contribution >= 4 is 34.5 Å². The van der Waals surface area contributed by atoms with E-state index in [0.29, 0.717) is 6.54 Å². The molecule has 1 heterocycles. The fraction of sp³-hybridized carbons (Fsp3) is 0.455. The van der Waals surface area contributed by atoms with E-state index in [2.05, 4.69) is 0 Å². The Morgan fingerprint density at radius 1 is 1.62 bits per heavy atom. The molecule has 2 N–H and O–H groups in total. The summed E-state index contributed by atoms with van der Waals surface area (Å²) in [6.07, 6.45) is 0. The first-order chi connectivity index (χ1) is 7.35. The van der Waals surface area contributed by atoms with Crippen LogP contribution in [0, 0.1) is 5.41 Å². The van der Waals surface area contributed by atoms with E-state index in [1.807, 2.05) is 16.8 Å². The summed E-state index contributed by atoms with van der Waals surface area (Å²) in [6, 6.07) is 2.00. The van der Waals surface area contributed by atoms with Crippen LogP contribution in [0.25, 0.3) is 0 Å². The van der Waals surface area contributed by atoms with Gasteiger partial charge in [-0.2, -0.15) is 11.3 Å². The maximum absolute atomic E-state index is 12.1. The molecular formula is C11H16N2OS2. The Bertz CT molecular complexity index is 385. The summed E-state index contributed by atoms with van der Waals surface area (Å²) in [6.45, 7) is 4.10. The topological polar surface area (TPSA) is 46.3 Å². The molecule has 0 aromatic carbocycles. The third-order valence-corrected chi connectivity index (χ3v) is 3.74. The molecule has 0 saturated carbocycles. The molecular weight excluding hydrogens is 240 g/mol. The molecule has 1 amide bonds. The van der Waals surface area contributed by atoms with Gasteiger partial charge in [0.2, 0.25) is 5.91 Å². The molecule has 0 aliphatic heterocycles. The molecule has 1 rings (SSSR count). The molecule has 5 heteroatoms. The van der Waals surface area contributed by atoms with Crippen molar-refractivity contribution in [3.8, 4) is 0 Å². The molecule has 0 radical (unpaired) electrons. The largest absolute Gasteiger partial charge is 0.392 e. The molecule has 88 valence electrons. The first-order valence-corrected chi connectivity index (χ1v) is 6.27. The molecule has 0 aliphatic carbocycles. The van der Waals surface area contributed by atoms with Gasteiger partial charge < -0.3 is 10.6 Å². The standard InChI is InChI=1S/C11H16N2OS2/c1-11(2,9(12)15)10(14)13(3)6-8-4-5-16-7-8/h4-5,7H,6H2,1-3H3,(H2,12,15). The van der Waals surface area contributed by atoms with Gasteiger partial charge in [-0.05, 0) is 36.2 Å². The van der Waals surface area contributed by atoms with Gasteiger partial charge in [0, 0.05) is 13.6 Å². The third kappa shape index (κ3) is 2.80. The summed E-state index contributed by atoms with van der Waals surface area (Å²) in [5.74, 6) is -0.0498. The second-order valence-electron chi connectivity index (χ2n) is 4.28. The van der Waals surface area contributed by atoms with Crippen LogP contribution in [-0.2, 0) is 11.3 Å². The number of carbonyl (C=O) groups excluding carboxylic acids is 1. The summed E-state index contributed by atoms with van der Waals surface area (Å²) in [5.41, 5.74) is 5.92. The van der Waals surface area contributed by atoms with Crippen LogP contribution in [-0.4, -0.2) is 22.8 Å². The normalized spacial score (nSPS) is 11.2. The fourth-order valence-corrected chi connectivity index (χ4v) is 2.06. The zero-order chi connectivity index (χ0) is 12.3. The smallest absolute Gasteiger partial charge is 0.235 e. The lowest BCUT2D eigenvalue weighted by molar-refractivity contribution is -0.136. The Morgan fingerprint density at radius 2 is 2.25 bits per heavy atom. The molecule has 0 spiro atoms. The summed E-state index contributed by atoms with van der Waals surface area (Å²) in [5, 5.41) is 4.02. The van der Waals surface area contributed by atoms with Crippen LogP contribution < -0.4 is 5.73 Å². The highest BCUT2D eigenvalue weighted by Gasteiger charge is 2.33. The Kier molecular flexibility index (Phi) is 4.04. The van der Waals surface area contributed by atoms with Crippen LogP contribution in [0.2, 0.25) is 0 Å². The number of nitrogens with two attached hydrogens (primary N) is 1. The van der Waals surface area contributed by atoms with Crippen molar-refractivity contribution in [3.05, 3.63) is 22.4 Å². The molecule has 1 aromatic rings. The minimum atomic E-state index is -0.778. The first-order valence-electron chi connectivity index (χ1n) is 4.92. The van der Waals surface area contributed by atoms with Gasteiger partial charge in [-0.25, -0.2) is 0 Å². The van der Waals surface area contributed by atoms with Gasteiger partial charge in [-0.1, -0.05) is 12.2 Å². The molecule has 16 heavy (non-hydrogen) atoms. The second kappa shape index (κ2) is 4.93. The highest BCUT2D eigenvalue weighted by atomic mass is 32.1. The Morgan fingerprint density at radius 3 is 2.69 bits per heavy atom. The number of nitrogens with zero attached hydrogens (tertiary/aromatic N) is 1. The van der Waals surface area contributed by atoms with Crippen LogP contribution in [0.1, 0.15) is 19.4 Å². The number of thiophene rings is 1. The minimum absolute atomic E-state index is 0.0498. The van der Waals surface area contributed by atoms with Crippen molar-refractivity contribution < 1.29 is 4.79 Å². The van der Waals surface area contributed by atoms with Gasteiger partial charge in [0.15, 0.2) is 0 Å². The molecule has 0 aliphatic rings. The Balaban J connectivity index is 2.71. The molecule has 0 saturated heterocycles. The Labute approximate surface area is 105 Å². The van der Waals surface area contributed by atoms with Crippen LogP contribution >= 0.6 is 23.6 Å². The predicted molar refractivity (Wildman–Crippen MR) is 71.4 cm³/mol. The average Bonchev–Trinajstić information content (AvgIpc) is 2.68. The van der Waals surface area contributed by atoms with Gasteiger partial charge in [-0.3, -0.25) is 4.79 Å². The van der Waals surface area contributed by atoms with Crippen molar-refractivity contribution in [2.24, 2.45) is 11.1 Å². The van der Waals surface area contributed by atoms with E-state index in [-0.39, 0.29) is 10.9 Å². The van der Waals surface area contributed by atoms with Crippen LogP contribution in [0.3, 0.4) is 0 Å². The monoisotopic (exact) mass is 256 g/mol. The first kappa shape index (κ1) is 13.1. The van der Waals surface area contributed by atoms with Crippen molar-refractivity contribution in [1.29, 1.82) is 0 Å². The van der Waals surface area contributed by atoms with E-state index in [9.17, 15) is 4.79 Å².